The van der Waals surface area contributed by atoms with Gasteiger partial charge in [0.2, 0.25) is 5.24 Å². The number of hydrogen-bond donors (Lipinski definition) is 0. The third kappa shape index (κ3) is 2.96. The molecule has 0 aliphatic heterocycles. The van der Waals surface area contributed by atoms with Crippen LogP contribution in [0.1, 0.15) is 30.5 Å². The molecule has 0 aromatic carbocycles. The summed E-state index contributed by atoms with van der Waals surface area (Å²) in [6, 6.07) is 2.06. The van der Waals surface area contributed by atoms with Crippen LogP contribution in [0.15, 0.2) is 22.8 Å². The van der Waals surface area contributed by atoms with E-state index >= 15 is 0 Å². The average Bonchev–Trinajstić information content (AvgIpc) is 2.29. The summed E-state index contributed by atoms with van der Waals surface area (Å²) in [4.78, 5) is 15.5. The first kappa shape index (κ1) is 12.8. The van der Waals surface area contributed by atoms with Gasteiger partial charge in [0, 0.05) is 16.6 Å². The molecule has 0 N–H and O–H groups in total. The molecule has 4 heteroatoms. The molecule has 0 radical (unpaired) electrons. The quantitative estimate of drug-likeness (QED) is 0.769. The van der Waals surface area contributed by atoms with Gasteiger partial charge in [0.1, 0.15) is 0 Å². The van der Waals surface area contributed by atoms with E-state index in [1.165, 1.54) is 5.57 Å². The van der Waals surface area contributed by atoms with E-state index in [2.05, 4.69) is 33.1 Å². The molecule has 1 atom stereocenters. The number of allylic oxidation sites excluding steroid dienone is 2. The fourth-order valence-electron chi connectivity index (χ4n) is 2.13. The molecule has 1 aromatic heterocycles. The minimum atomic E-state index is -0.221. The van der Waals surface area contributed by atoms with Crippen molar-refractivity contribution in [2.45, 2.75) is 26.2 Å². The van der Waals surface area contributed by atoms with Crippen LogP contribution in [0, 0.1) is 12.8 Å². The summed E-state index contributed by atoms with van der Waals surface area (Å²) < 4.78 is 0.990. The number of halogens is 2. The van der Waals surface area contributed by atoms with Gasteiger partial charge in [-0.05, 0) is 70.9 Å². The number of nitrogens with zero attached hydrogens (tertiary/aromatic N) is 1. The number of aryl methyl sites for hydroxylation is 1. The van der Waals surface area contributed by atoms with Crippen molar-refractivity contribution in [3.05, 3.63) is 34.1 Å². The van der Waals surface area contributed by atoms with Crippen LogP contribution in [0.2, 0.25) is 0 Å². The molecule has 0 saturated carbocycles. The molecular formula is C13H13BrClNO. The monoisotopic (exact) mass is 313 g/mol. The minimum absolute atomic E-state index is 0.0174. The number of carbonyl (C=O) groups is 1. The Morgan fingerprint density at radius 3 is 2.88 bits per heavy atom. The Bertz CT molecular complexity index is 484. The second-order valence-corrected chi connectivity index (χ2v) is 5.61. The number of carbonyl (C=O) groups excluding carboxylic acids is 1. The molecule has 1 aliphatic rings. The van der Waals surface area contributed by atoms with Gasteiger partial charge in [-0.1, -0.05) is 6.08 Å². The van der Waals surface area contributed by atoms with Gasteiger partial charge in [0.25, 0.3) is 0 Å². The molecule has 1 aliphatic carbocycles. The predicted molar refractivity (Wildman–Crippen MR) is 72.9 cm³/mol. The van der Waals surface area contributed by atoms with Gasteiger partial charge in [-0.15, -0.1) is 0 Å². The van der Waals surface area contributed by atoms with Crippen LogP contribution in [-0.2, 0) is 4.79 Å². The smallest absolute Gasteiger partial charge is 0.225 e. The molecular weight excluding hydrogens is 302 g/mol. The molecule has 0 fully saturated rings. The highest BCUT2D eigenvalue weighted by Crippen LogP contribution is 2.32. The first-order chi connectivity index (χ1) is 8.08. The molecule has 0 amide bonds. The van der Waals surface area contributed by atoms with Crippen molar-refractivity contribution in [2.75, 3.05) is 0 Å². The Balaban J connectivity index is 2.22. The van der Waals surface area contributed by atoms with Crippen molar-refractivity contribution in [3.8, 4) is 0 Å². The van der Waals surface area contributed by atoms with Crippen molar-refractivity contribution in [2.24, 2.45) is 5.92 Å². The number of hydrogen-bond acceptors (Lipinski definition) is 2. The molecule has 0 unspecified atom stereocenters. The van der Waals surface area contributed by atoms with E-state index in [0.717, 1.165) is 35.0 Å². The Morgan fingerprint density at radius 1 is 1.59 bits per heavy atom. The minimum Gasteiger partial charge on any atom is -0.281 e. The summed E-state index contributed by atoms with van der Waals surface area (Å²) in [6.07, 6.45) is 6.33. The first-order valence-corrected chi connectivity index (χ1v) is 6.76. The fourth-order valence-corrected chi connectivity index (χ4v) is 2.78. The number of rotatable bonds is 2. The van der Waals surface area contributed by atoms with Crippen LogP contribution in [0.25, 0.3) is 5.57 Å². The first-order valence-electron chi connectivity index (χ1n) is 5.59. The molecule has 0 saturated heterocycles. The second kappa shape index (κ2) is 5.32. The molecule has 2 nitrogen and oxygen atoms in total. The predicted octanol–water partition coefficient (Wildman–Crippen LogP) is 4.10. The van der Waals surface area contributed by atoms with Crippen LogP contribution in [0.5, 0.6) is 0 Å². The highest BCUT2D eigenvalue weighted by atomic mass is 79.9. The lowest BCUT2D eigenvalue weighted by molar-refractivity contribution is -0.115. The zero-order valence-electron chi connectivity index (χ0n) is 9.54. The number of pyridine rings is 1. The molecule has 90 valence electrons. The maximum absolute atomic E-state index is 11.1. The summed E-state index contributed by atoms with van der Waals surface area (Å²) in [6.45, 7) is 2.05. The van der Waals surface area contributed by atoms with E-state index in [0.29, 0.717) is 0 Å². The van der Waals surface area contributed by atoms with Crippen LogP contribution >= 0.6 is 27.5 Å². The average molecular weight is 315 g/mol. The Labute approximate surface area is 114 Å². The molecule has 17 heavy (non-hydrogen) atoms. The Morgan fingerprint density at radius 2 is 2.35 bits per heavy atom. The topological polar surface area (TPSA) is 30.0 Å². The van der Waals surface area contributed by atoms with Crippen molar-refractivity contribution in [1.29, 1.82) is 0 Å². The second-order valence-electron chi connectivity index (χ2n) is 4.32. The lowest BCUT2D eigenvalue weighted by Gasteiger charge is -2.19. The van der Waals surface area contributed by atoms with E-state index < -0.39 is 0 Å². The molecule has 1 aromatic rings. The van der Waals surface area contributed by atoms with Crippen molar-refractivity contribution >= 4 is 38.3 Å². The SMILES string of the molecule is Cc1cc(Br)cnc1C1=CC[C@H](C(=O)Cl)CC1. The van der Waals surface area contributed by atoms with Crippen LogP contribution in [-0.4, -0.2) is 10.2 Å². The maximum Gasteiger partial charge on any atom is 0.225 e. The Hall–Kier alpha value is -0.670. The summed E-state index contributed by atoms with van der Waals surface area (Å²) in [5.74, 6) is -0.0174. The molecule has 2 rings (SSSR count). The van der Waals surface area contributed by atoms with Gasteiger partial charge >= 0.3 is 0 Å². The van der Waals surface area contributed by atoms with Gasteiger partial charge in [-0.3, -0.25) is 9.78 Å². The van der Waals surface area contributed by atoms with E-state index in [9.17, 15) is 4.79 Å². The van der Waals surface area contributed by atoms with Gasteiger partial charge in [0.05, 0.1) is 5.69 Å². The maximum atomic E-state index is 11.1. The summed E-state index contributed by atoms with van der Waals surface area (Å²) in [5, 5.41) is -0.221. The summed E-state index contributed by atoms with van der Waals surface area (Å²) in [5.41, 5.74) is 3.42. The lowest BCUT2D eigenvalue weighted by Crippen LogP contribution is -2.12. The summed E-state index contributed by atoms with van der Waals surface area (Å²) >= 11 is 8.92. The highest BCUT2D eigenvalue weighted by Gasteiger charge is 2.21. The van der Waals surface area contributed by atoms with Crippen LogP contribution < -0.4 is 0 Å². The largest absolute Gasteiger partial charge is 0.281 e. The van der Waals surface area contributed by atoms with Crippen molar-refractivity contribution in [3.63, 3.8) is 0 Å². The van der Waals surface area contributed by atoms with Gasteiger partial charge in [-0.25, -0.2) is 0 Å². The zero-order chi connectivity index (χ0) is 12.4. The standard InChI is InChI=1S/C13H13BrClNO/c1-8-6-11(14)7-16-12(8)9-2-4-10(5-3-9)13(15)17/h2,6-7,10H,3-5H2,1H3/t10-/m0/s1. The highest BCUT2D eigenvalue weighted by molar-refractivity contribution is 9.10. The van der Waals surface area contributed by atoms with Crippen molar-refractivity contribution in [1.82, 2.24) is 4.98 Å². The lowest BCUT2D eigenvalue weighted by atomic mass is 9.88. The van der Waals surface area contributed by atoms with Crippen LogP contribution in [0.4, 0.5) is 0 Å². The zero-order valence-corrected chi connectivity index (χ0v) is 11.9. The van der Waals surface area contributed by atoms with E-state index in [1.807, 2.05) is 13.1 Å². The normalized spacial score (nSPS) is 19.9. The van der Waals surface area contributed by atoms with Crippen molar-refractivity contribution < 1.29 is 4.79 Å². The third-order valence-electron chi connectivity index (χ3n) is 3.08. The number of aromatic nitrogens is 1. The molecule has 1 heterocycles. The molecule has 0 spiro atoms. The van der Waals surface area contributed by atoms with Gasteiger partial charge in [-0.2, -0.15) is 0 Å². The molecule has 0 bridgehead atoms. The summed E-state index contributed by atoms with van der Waals surface area (Å²) in [7, 11) is 0. The third-order valence-corrected chi connectivity index (χ3v) is 3.82. The Kier molecular flexibility index (Phi) is 4.00. The van der Waals surface area contributed by atoms with E-state index in [1.54, 1.807) is 0 Å². The van der Waals surface area contributed by atoms with Gasteiger partial charge < -0.3 is 0 Å². The van der Waals surface area contributed by atoms with E-state index in [-0.39, 0.29) is 11.2 Å². The fraction of sp³-hybridized carbons (Fsp3) is 0.385. The van der Waals surface area contributed by atoms with Crippen LogP contribution in [0.3, 0.4) is 0 Å². The van der Waals surface area contributed by atoms with E-state index in [4.69, 9.17) is 11.6 Å². The van der Waals surface area contributed by atoms with Gasteiger partial charge in [0.15, 0.2) is 0 Å².